The summed E-state index contributed by atoms with van der Waals surface area (Å²) < 4.78 is 16.6. The zero-order chi connectivity index (χ0) is 19.8. The van der Waals surface area contributed by atoms with Crippen LogP contribution in [-0.4, -0.2) is 45.2 Å². The van der Waals surface area contributed by atoms with Crippen LogP contribution in [0.1, 0.15) is 4.88 Å². The minimum absolute atomic E-state index is 0.159. The summed E-state index contributed by atoms with van der Waals surface area (Å²) in [6.07, 6.45) is 1.77. The summed E-state index contributed by atoms with van der Waals surface area (Å²) in [6, 6.07) is 7.19. The van der Waals surface area contributed by atoms with Crippen molar-refractivity contribution >= 4 is 34.5 Å². The van der Waals surface area contributed by atoms with E-state index in [0.717, 1.165) is 9.21 Å². The summed E-state index contributed by atoms with van der Waals surface area (Å²) >= 11 is 7.48. The van der Waals surface area contributed by atoms with Crippen LogP contribution in [0.5, 0.6) is 17.2 Å². The van der Waals surface area contributed by atoms with E-state index in [1.165, 1.54) is 32.7 Å². The standard InChI is InChI=1S/C19H23ClN2O4S/c1-5-8-22(11-14-6-7-17(20)27-14)12-18(23)21-13-9-15(24-2)19(26-4)16(10-13)25-3/h5-7,9-10H,1,8,11-12H2,2-4H3,(H,21,23). The molecule has 1 N–H and O–H groups in total. The first-order valence-electron chi connectivity index (χ1n) is 8.18. The van der Waals surface area contributed by atoms with Crippen LogP contribution in [0.15, 0.2) is 36.9 Å². The molecule has 27 heavy (non-hydrogen) atoms. The lowest BCUT2D eigenvalue weighted by molar-refractivity contribution is -0.117. The Hall–Kier alpha value is -2.22. The third kappa shape index (κ3) is 5.89. The third-order valence-electron chi connectivity index (χ3n) is 3.71. The molecule has 1 aromatic heterocycles. The fraction of sp³-hybridized carbons (Fsp3) is 0.316. The first-order chi connectivity index (χ1) is 13.0. The maximum absolute atomic E-state index is 12.5. The molecular weight excluding hydrogens is 388 g/mol. The Labute approximate surface area is 168 Å². The van der Waals surface area contributed by atoms with Crippen LogP contribution in [0.4, 0.5) is 5.69 Å². The summed E-state index contributed by atoms with van der Waals surface area (Å²) in [4.78, 5) is 15.6. The maximum Gasteiger partial charge on any atom is 0.238 e. The Morgan fingerprint density at radius 3 is 2.37 bits per heavy atom. The number of benzene rings is 1. The fourth-order valence-corrected chi connectivity index (χ4v) is 3.71. The molecule has 2 rings (SSSR count). The van der Waals surface area contributed by atoms with E-state index in [-0.39, 0.29) is 12.5 Å². The summed E-state index contributed by atoms with van der Waals surface area (Å²) in [5, 5.41) is 2.87. The molecule has 0 bridgehead atoms. The van der Waals surface area contributed by atoms with Crippen molar-refractivity contribution < 1.29 is 19.0 Å². The zero-order valence-corrected chi connectivity index (χ0v) is 17.2. The highest BCUT2D eigenvalue weighted by Gasteiger charge is 2.16. The number of halogens is 1. The molecule has 0 spiro atoms. The molecule has 0 fully saturated rings. The molecule has 0 aliphatic carbocycles. The van der Waals surface area contributed by atoms with Crippen LogP contribution in [0.3, 0.4) is 0 Å². The zero-order valence-electron chi connectivity index (χ0n) is 15.6. The van der Waals surface area contributed by atoms with E-state index in [4.69, 9.17) is 25.8 Å². The molecule has 0 saturated heterocycles. The average Bonchev–Trinajstić information content (AvgIpc) is 3.05. The van der Waals surface area contributed by atoms with Gasteiger partial charge in [-0.1, -0.05) is 17.7 Å². The van der Waals surface area contributed by atoms with Crippen molar-refractivity contribution in [2.75, 3.05) is 39.7 Å². The van der Waals surface area contributed by atoms with Crippen molar-refractivity contribution in [3.8, 4) is 17.2 Å². The SMILES string of the molecule is C=CCN(CC(=O)Nc1cc(OC)c(OC)c(OC)c1)Cc1ccc(Cl)s1. The van der Waals surface area contributed by atoms with Gasteiger partial charge in [-0.05, 0) is 12.1 Å². The lowest BCUT2D eigenvalue weighted by atomic mass is 10.2. The first kappa shape index (κ1) is 21.1. The molecule has 0 atom stereocenters. The van der Waals surface area contributed by atoms with E-state index < -0.39 is 0 Å². The number of carbonyl (C=O) groups excluding carboxylic acids is 1. The highest BCUT2D eigenvalue weighted by molar-refractivity contribution is 7.16. The Balaban J connectivity index is 2.09. The summed E-state index contributed by atoms with van der Waals surface area (Å²) in [7, 11) is 4.59. The number of anilines is 1. The van der Waals surface area contributed by atoms with Gasteiger partial charge in [0.2, 0.25) is 11.7 Å². The van der Waals surface area contributed by atoms with Gasteiger partial charge >= 0.3 is 0 Å². The molecule has 0 radical (unpaired) electrons. The second-order valence-corrected chi connectivity index (χ2v) is 7.43. The van der Waals surface area contributed by atoms with Crippen LogP contribution in [0.2, 0.25) is 4.34 Å². The lowest BCUT2D eigenvalue weighted by Gasteiger charge is -2.20. The average molecular weight is 411 g/mol. The Morgan fingerprint density at radius 1 is 1.22 bits per heavy atom. The number of thiophene rings is 1. The monoisotopic (exact) mass is 410 g/mol. The topological polar surface area (TPSA) is 60.0 Å². The van der Waals surface area contributed by atoms with Gasteiger partial charge < -0.3 is 19.5 Å². The van der Waals surface area contributed by atoms with E-state index >= 15 is 0 Å². The Morgan fingerprint density at radius 2 is 1.89 bits per heavy atom. The predicted octanol–water partition coefficient (Wildman–Crippen LogP) is 4.05. The molecule has 0 saturated carbocycles. The van der Waals surface area contributed by atoms with Crippen molar-refractivity contribution in [2.45, 2.75) is 6.54 Å². The summed E-state index contributed by atoms with van der Waals surface area (Å²) in [5.74, 6) is 1.27. The van der Waals surface area contributed by atoms with Gasteiger partial charge in [0.25, 0.3) is 0 Å². The van der Waals surface area contributed by atoms with Gasteiger partial charge in [0.15, 0.2) is 11.5 Å². The number of amides is 1. The molecular formula is C19H23ClN2O4S. The number of methoxy groups -OCH3 is 3. The van der Waals surface area contributed by atoms with E-state index in [2.05, 4.69) is 11.9 Å². The number of hydrogen-bond donors (Lipinski definition) is 1. The minimum atomic E-state index is -0.159. The molecule has 1 amide bonds. The fourth-order valence-electron chi connectivity index (χ4n) is 2.58. The smallest absolute Gasteiger partial charge is 0.238 e. The maximum atomic E-state index is 12.5. The normalized spacial score (nSPS) is 10.6. The minimum Gasteiger partial charge on any atom is -0.493 e. The molecule has 1 aromatic carbocycles. The van der Waals surface area contributed by atoms with Crippen LogP contribution < -0.4 is 19.5 Å². The molecule has 0 unspecified atom stereocenters. The first-order valence-corrected chi connectivity index (χ1v) is 9.37. The van der Waals surface area contributed by atoms with Gasteiger partial charge in [-0.25, -0.2) is 0 Å². The van der Waals surface area contributed by atoms with Crippen molar-refractivity contribution in [3.63, 3.8) is 0 Å². The van der Waals surface area contributed by atoms with Crippen molar-refractivity contribution in [1.82, 2.24) is 4.90 Å². The summed E-state index contributed by atoms with van der Waals surface area (Å²) in [5.41, 5.74) is 0.562. The number of rotatable bonds is 10. The van der Waals surface area contributed by atoms with Gasteiger partial charge in [0, 0.05) is 35.8 Å². The van der Waals surface area contributed by atoms with Crippen molar-refractivity contribution in [2.24, 2.45) is 0 Å². The third-order valence-corrected chi connectivity index (χ3v) is 4.93. The molecule has 2 aromatic rings. The van der Waals surface area contributed by atoms with Crippen LogP contribution in [-0.2, 0) is 11.3 Å². The van der Waals surface area contributed by atoms with E-state index in [1.54, 1.807) is 18.2 Å². The highest BCUT2D eigenvalue weighted by atomic mass is 35.5. The van der Waals surface area contributed by atoms with Gasteiger partial charge in [-0.15, -0.1) is 17.9 Å². The molecule has 8 heteroatoms. The van der Waals surface area contributed by atoms with Crippen LogP contribution in [0.25, 0.3) is 0 Å². The molecule has 0 aliphatic rings. The molecule has 1 heterocycles. The van der Waals surface area contributed by atoms with Crippen molar-refractivity contribution in [3.05, 3.63) is 46.1 Å². The van der Waals surface area contributed by atoms with E-state index in [1.807, 2.05) is 17.0 Å². The van der Waals surface area contributed by atoms with Crippen molar-refractivity contribution in [1.29, 1.82) is 0 Å². The number of ether oxygens (including phenoxy) is 3. The molecule has 146 valence electrons. The van der Waals surface area contributed by atoms with Gasteiger partial charge in [0.1, 0.15) is 0 Å². The Bertz CT molecular complexity index is 769. The van der Waals surface area contributed by atoms with Crippen LogP contribution >= 0.6 is 22.9 Å². The van der Waals surface area contributed by atoms with Gasteiger partial charge in [0.05, 0.1) is 32.2 Å². The second kappa shape index (κ2) is 10.2. The van der Waals surface area contributed by atoms with Gasteiger partial charge in [-0.3, -0.25) is 9.69 Å². The molecule has 0 aliphatic heterocycles. The quantitative estimate of drug-likeness (QED) is 0.598. The number of carbonyl (C=O) groups is 1. The predicted molar refractivity (Wildman–Crippen MR) is 110 cm³/mol. The largest absolute Gasteiger partial charge is 0.493 e. The molecule has 6 nitrogen and oxygen atoms in total. The van der Waals surface area contributed by atoms with Gasteiger partial charge in [-0.2, -0.15) is 0 Å². The number of nitrogens with one attached hydrogen (secondary N) is 1. The number of nitrogens with zero attached hydrogens (tertiary/aromatic N) is 1. The summed E-state index contributed by atoms with van der Waals surface area (Å²) in [6.45, 7) is 5.17. The lowest BCUT2D eigenvalue weighted by Crippen LogP contribution is -2.32. The van der Waals surface area contributed by atoms with E-state index in [9.17, 15) is 4.79 Å². The number of hydrogen-bond acceptors (Lipinski definition) is 6. The second-order valence-electron chi connectivity index (χ2n) is 5.63. The van der Waals surface area contributed by atoms with Crippen LogP contribution in [0, 0.1) is 0 Å². The van der Waals surface area contributed by atoms with E-state index in [0.29, 0.717) is 36.0 Å². The Kier molecular flexibility index (Phi) is 7.97. The highest BCUT2D eigenvalue weighted by Crippen LogP contribution is 2.39.